The fraction of sp³-hybridized carbons (Fsp3) is 0.400. The maximum absolute atomic E-state index is 5.14. The molecule has 2 aromatic rings. The third-order valence-corrected chi connectivity index (χ3v) is 3.99. The van der Waals surface area contributed by atoms with Crippen molar-refractivity contribution < 1.29 is 4.52 Å². The van der Waals surface area contributed by atoms with Crippen LogP contribution in [0.2, 0.25) is 0 Å². The van der Waals surface area contributed by atoms with E-state index >= 15 is 0 Å². The summed E-state index contributed by atoms with van der Waals surface area (Å²) in [5.41, 5.74) is 4.90. The minimum Gasteiger partial charge on any atom is -0.384 e. The van der Waals surface area contributed by atoms with Gasteiger partial charge in [0.1, 0.15) is 12.0 Å². The quantitative estimate of drug-likeness (QED) is 0.876. The first-order valence-corrected chi connectivity index (χ1v) is 6.51. The van der Waals surface area contributed by atoms with Gasteiger partial charge in [-0.05, 0) is 29.9 Å². The van der Waals surface area contributed by atoms with E-state index in [0.717, 1.165) is 11.4 Å². The Morgan fingerprint density at radius 2 is 2.17 bits per heavy atom. The molecule has 0 radical (unpaired) electrons. The van der Waals surface area contributed by atoms with E-state index < -0.39 is 0 Å². The molecule has 0 aliphatic heterocycles. The third-order valence-electron chi connectivity index (χ3n) is 3.99. The van der Waals surface area contributed by atoms with Gasteiger partial charge in [0.05, 0.1) is 5.69 Å². The van der Waals surface area contributed by atoms with Gasteiger partial charge in [-0.25, -0.2) is 0 Å². The van der Waals surface area contributed by atoms with E-state index in [-0.39, 0.29) is 0 Å². The fourth-order valence-electron chi connectivity index (χ4n) is 3.00. The van der Waals surface area contributed by atoms with Crippen LogP contribution in [0.15, 0.2) is 35.1 Å². The van der Waals surface area contributed by atoms with Gasteiger partial charge < -0.3 is 9.84 Å². The van der Waals surface area contributed by atoms with Crippen LogP contribution in [0.4, 0.5) is 5.69 Å². The highest BCUT2D eigenvalue weighted by Crippen LogP contribution is 2.42. The molecule has 2 atom stereocenters. The molecule has 0 spiro atoms. The van der Waals surface area contributed by atoms with Crippen LogP contribution in [0.25, 0.3) is 0 Å². The van der Waals surface area contributed by atoms with Gasteiger partial charge >= 0.3 is 0 Å². The number of hydrogen-bond acceptors (Lipinski definition) is 3. The first-order valence-electron chi connectivity index (χ1n) is 6.51. The van der Waals surface area contributed by atoms with Crippen LogP contribution in [0, 0.1) is 5.92 Å². The summed E-state index contributed by atoms with van der Waals surface area (Å²) in [5, 5.41) is 7.39. The Morgan fingerprint density at radius 3 is 3.00 bits per heavy atom. The number of nitrogens with zero attached hydrogens (tertiary/aromatic N) is 1. The number of fused-ring (bicyclic) bond motifs is 1. The Labute approximate surface area is 107 Å². The van der Waals surface area contributed by atoms with Crippen molar-refractivity contribution in [1.82, 2.24) is 5.16 Å². The molecule has 0 amide bonds. The van der Waals surface area contributed by atoms with Gasteiger partial charge in [0, 0.05) is 13.0 Å². The van der Waals surface area contributed by atoms with E-state index in [2.05, 4.69) is 41.7 Å². The molecule has 3 heteroatoms. The second-order valence-electron chi connectivity index (χ2n) is 5.06. The first kappa shape index (κ1) is 11.3. The average molecular weight is 242 g/mol. The Balaban J connectivity index is 2.11. The largest absolute Gasteiger partial charge is 0.384 e. The van der Waals surface area contributed by atoms with Gasteiger partial charge in [0.2, 0.25) is 0 Å². The van der Waals surface area contributed by atoms with Crippen LogP contribution in [-0.4, -0.2) is 12.2 Å². The molecular formula is C15H18N2O. The molecule has 1 N–H and O–H groups in total. The molecule has 1 aliphatic rings. The Kier molecular flexibility index (Phi) is 2.82. The number of aromatic nitrogens is 1. The molecular weight excluding hydrogens is 224 g/mol. The molecule has 0 saturated carbocycles. The third kappa shape index (κ3) is 1.70. The number of aryl methyl sites for hydroxylation is 1. The number of benzene rings is 1. The van der Waals surface area contributed by atoms with Crippen LogP contribution in [-0.2, 0) is 6.42 Å². The Hall–Kier alpha value is -1.77. The van der Waals surface area contributed by atoms with Crippen molar-refractivity contribution in [2.75, 3.05) is 12.4 Å². The number of hydrogen-bond donors (Lipinski definition) is 1. The van der Waals surface area contributed by atoms with Crippen molar-refractivity contribution in [3.05, 3.63) is 47.3 Å². The normalized spacial score (nSPS) is 22.6. The summed E-state index contributed by atoms with van der Waals surface area (Å²) < 4.78 is 5.14. The van der Waals surface area contributed by atoms with Crippen molar-refractivity contribution in [1.29, 1.82) is 0 Å². The molecule has 3 nitrogen and oxygen atoms in total. The van der Waals surface area contributed by atoms with Crippen LogP contribution in [0.3, 0.4) is 0 Å². The summed E-state index contributed by atoms with van der Waals surface area (Å²) in [6, 6.07) is 8.69. The summed E-state index contributed by atoms with van der Waals surface area (Å²) in [6.45, 7) is 2.30. The monoisotopic (exact) mass is 242 g/mol. The summed E-state index contributed by atoms with van der Waals surface area (Å²) >= 11 is 0. The van der Waals surface area contributed by atoms with E-state index in [4.69, 9.17) is 4.52 Å². The molecule has 1 aromatic carbocycles. The van der Waals surface area contributed by atoms with Gasteiger partial charge in [-0.1, -0.05) is 36.3 Å². The fourth-order valence-corrected chi connectivity index (χ4v) is 3.00. The van der Waals surface area contributed by atoms with E-state index in [1.165, 1.54) is 24.0 Å². The number of rotatable bonds is 2. The van der Waals surface area contributed by atoms with E-state index in [1.807, 2.05) is 7.05 Å². The SMILES string of the molecule is CNc1conc1C1c2ccccc2CCC1C. The number of nitrogens with one attached hydrogen (secondary N) is 1. The molecule has 1 aromatic heterocycles. The zero-order valence-corrected chi connectivity index (χ0v) is 10.8. The molecule has 0 saturated heterocycles. The lowest BCUT2D eigenvalue weighted by Gasteiger charge is -2.30. The smallest absolute Gasteiger partial charge is 0.147 e. The van der Waals surface area contributed by atoms with Crippen LogP contribution >= 0.6 is 0 Å². The number of anilines is 1. The van der Waals surface area contributed by atoms with E-state index in [0.29, 0.717) is 11.8 Å². The van der Waals surface area contributed by atoms with Crippen molar-refractivity contribution in [2.24, 2.45) is 5.92 Å². The van der Waals surface area contributed by atoms with Gasteiger partial charge in [-0.3, -0.25) is 0 Å². The lowest BCUT2D eigenvalue weighted by molar-refractivity contribution is 0.382. The highest BCUT2D eigenvalue weighted by molar-refractivity contribution is 5.51. The van der Waals surface area contributed by atoms with E-state index in [1.54, 1.807) is 6.26 Å². The average Bonchev–Trinajstić information content (AvgIpc) is 2.86. The van der Waals surface area contributed by atoms with Crippen LogP contribution in [0.1, 0.15) is 36.1 Å². The predicted octanol–water partition coefficient (Wildman–Crippen LogP) is 3.43. The maximum atomic E-state index is 5.14. The van der Waals surface area contributed by atoms with Gasteiger partial charge in [0.25, 0.3) is 0 Å². The lowest BCUT2D eigenvalue weighted by atomic mass is 9.74. The molecule has 1 heterocycles. The molecule has 18 heavy (non-hydrogen) atoms. The van der Waals surface area contributed by atoms with Crippen molar-refractivity contribution in [3.8, 4) is 0 Å². The maximum Gasteiger partial charge on any atom is 0.147 e. The van der Waals surface area contributed by atoms with E-state index in [9.17, 15) is 0 Å². The molecule has 0 fully saturated rings. The standard InChI is InChI=1S/C15H18N2O/c1-10-7-8-11-5-3-4-6-12(11)14(10)15-13(16-2)9-18-17-15/h3-6,9-10,14,16H,7-8H2,1-2H3. The van der Waals surface area contributed by atoms with Gasteiger partial charge in [-0.15, -0.1) is 0 Å². The van der Waals surface area contributed by atoms with Gasteiger partial charge in [-0.2, -0.15) is 0 Å². The van der Waals surface area contributed by atoms with Crippen molar-refractivity contribution in [2.45, 2.75) is 25.7 Å². The molecule has 3 rings (SSSR count). The molecule has 0 bridgehead atoms. The first-order chi connectivity index (χ1) is 8.81. The van der Waals surface area contributed by atoms with Crippen molar-refractivity contribution in [3.63, 3.8) is 0 Å². The summed E-state index contributed by atoms with van der Waals surface area (Å²) in [6.07, 6.45) is 4.07. The molecule has 1 aliphatic carbocycles. The summed E-state index contributed by atoms with van der Waals surface area (Å²) in [5.74, 6) is 0.938. The predicted molar refractivity (Wildman–Crippen MR) is 71.8 cm³/mol. The minimum absolute atomic E-state index is 0.344. The van der Waals surface area contributed by atoms with Crippen LogP contribution < -0.4 is 5.32 Å². The topological polar surface area (TPSA) is 38.1 Å². The highest BCUT2D eigenvalue weighted by Gasteiger charge is 2.31. The Bertz CT molecular complexity index is 547. The zero-order chi connectivity index (χ0) is 12.5. The lowest BCUT2D eigenvalue weighted by Crippen LogP contribution is -2.20. The molecule has 94 valence electrons. The second-order valence-corrected chi connectivity index (χ2v) is 5.06. The zero-order valence-electron chi connectivity index (χ0n) is 10.8. The van der Waals surface area contributed by atoms with Gasteiger partial charge in [0.15, 0.2) is 0 Å². The highest BCUT2D eigenvalue weighted by atomic mass is 16.5. The minimum atomic E-state index is 0.344. The van der Waals surface area contributed by atoms with Crippen LogP contribution in [0.5, 0.6) is 0 Å². The Morgan fingerprint density at radius 1 is 1.33 bits per heavy atom. The summed E-state index contributed by atoms with van der Waals surface area (Å²) in [7, 11) is 1.91. The second kappa shape index (κ2) is 4.48. The molecule has 2 unspecified atom stereocenters. The summed E-state index contributed by atoms with van der Waals surface area (Å²) in [4.78, 5) is 0. The van der Waals surface area contributed by atoms with Crippen molar-refractivity contribution >= 4 is 5.69 Å².